The minimum atomic E-state index is -0.170. The van der Waals surface area contributed by atoms with Gasteiger partial charge in [-0.15, -0.1) is 0 Å². The van der Waals surface area contributed by atoms with Crippen molar-refractivity contribution < 1.29 is 4.79 Å². The molecular formula is C15H19N3OS. The fourth-order valence-electron chi connectivity index (χ4n) is 1.98. The van der Waals surface area contributed by atoms with E-state index in [-0.39, 0.29) is 11.9 Å². The largest absolute Gasteiger partial charge is 0.398 e. The van der Waals surface area contributed by atoms with Gasteiger partial charge in [-0.3, -0.25) is 4.79 Å². The average Bonchev–Trinajstić information content (AvgIpc) is 2.45. The molecule has 1 unspecified atom stereocenters. The molecule has 0 radical (unpaired) electrons. The number of rotatable bonds is 5. The number of amides is 1. The number of hydrogen-bond acceptors (Lipinski definition) is 4. The van der Waals surface area contributed by atoms with E-state index in [1.165, 1.54) is 0 Å². The minimum absolute atomic E-state index is 0.129. The molecule has 20 heavy (non-hydrogen) atoms. The van der Waals surface area contributed by atoms with E-state index in [2.05, 4.69) is 16.6 Å². The number of nitrogens with two attached hydrogens (primary N) is 1. The Bertz CT molecular complexity index is 615. The summed E-state index contributed by atoms with van der Waals surface area (Å²) in [7, 11) is 0. The summed E-state index contributed by atoms with van der Waals surface area (Å²) in [5.74, 6) is 0.852. The van der Waals surface area contributed by atoms with Crippen molar-refractivity contribution in [2.75, 3.05) is 17.7 Å². The number of benzene rings is 1. The van der Waals surface area contributed by atoms with Crippen molar-refractivity contribution in [3.05, 3.63) is 36.0 Å². The summed E-state index contributed by atoms with van der Waals surface area (Å²) in [4.78, 5) is 16.6. The van der Waals surface area contributed by atoms with Crippen LogP contribution in [0.5, 0.6) is 0 Å². The van der Waals surface area contributed by atoms with Gasteiger partial charge in [-0.25, -0.2) is 4.98 Å². The molecule has 0 saturated heterocycles. The highest BCUT2D eigenvalue weighted by atomic mass is 32.2. The number of carbonyl (C=O) groups excluding carboxylic acids is 1. The van der Waals surface area contributed by atoms with Crippen LogP contribution in [-0.4, -0.2) is 28.9 Å². The number of aromatic nitrogens is 1. The van der Waals surface area contributed by atoms with Crippen molar-refractivity contribution in [1.29, 1.82) is 0 Å². The molecule has 3 N–H and O–H groups in total. The molecule has 1 aromatic carbocycles. The number of anilines is 1. The number of hydrogen-bond donors (Lipinski definition) is 2. The third-order valence-electron chi connectivity index (χ3n) is 3.11. The highest BCUT2D eigenvalue weighted by Gasteiger charge is 2.13. The van der Waals surface area contributed by atoms with E-state index in [1.807, 2.05) is 31.2 Å². The van der Waals surface area contributed by atoms with Crippen LogP contribution in [0.25, 0.3) is 10.9 Å². The molecule has 4 nitrogen and oxygen atoms in total. The van der Waals surface area contributed by atoms with Gasteiger partial charge in [0.1, 0.15) is 5.69 Å². The first kappa shape index (κ1) is 14.7. The summed E-state index contributed by atoms with van der Waals surface area (Å²) in [5.41, 5.74) is 7.68. The molecule has 1 heterocycles. The maximum Gasteiger partial charge on any atom is 0.270 e. The van der Waals surface area contributed by atoms with E-state index in [9.17, 15) is 4.79 Å². The second-order valence-electron chi connectivity index (χ2n) is 4.77. The predicted octanol–water partition coefficient (Wildman–Crippen LogP) is 2.69. The van der Waals surface area contributed by atoms with E-state index >= 15 is 0 Å². The van der Waals surface area contributed by atoms with Crippen molar-refractivity contribution >= 4 is 34.3 Å². The van der Waals surface area contributed by atoms with Crippen LogP contribution in [0, 0.1) is 0 Å². The monoisotopic (exact) mass is 289 g/mol. The standard InChI is InChI=1S/C15H19N3OS/c1-10(7-8-20-2)17-15(19)14-9-12(16)11-5-3-4-6-13(11)18-14/h3-6,9-10H,7-8H2,1-2H3,(H2,16,18)(H,17,19). The third-order valence-corrected chi connectivity index (χ3v) is 3.76. The minimum Gasteiger partial charge on any atom is -0.398 e. The molecule has 1 amide bonds. The molecule has 0 aliphatic rings. The number of nitrogens with zero attached hydrogens (tertiary/aromatic N) is 1. The van der Waals surface area contributed by atoms with Gasteiger partial charge in [-0.2, -0.15) is 11.8 Å². The molecular weight excluding hydrogens is 270 g/mol. The number of carbonyl (C=O) groups is 1. The molecule has 2 aromatic rings. The van der Waals surface area contributed by atoms with Gasteiger partial charge in [0.25, 0.3) is 5.91 Å². The lowest BCUT2D eigenvalue weighted by atomic mass is 10.1. The lowest BCUT2D eigenvalue weighted by molar-refractivity contribution is 0.0935. The topological polar surface area (TPSA) is 68.0 Å². The summed E-state index contributed by atoms with van der Waals surface area (Å²) in [6.45, 7) is 2.00. The Balaban J connectivity index is 2.18. The number of fused-ring (bicyclic) bond motifs is 1. The van der Waals surface area contributed by atoms with Gasteiger partial charge in [0.2, 0.25) is 0 Å². The van der Waals surface area contributed by atoms with Crippen LogP contribution in [-0.2, 0) is 0 Å². The van der Waals surface area contributed by atoms with Gasteiger partial charge in [0.05, 0.1) is 5.52 Å². The summed E-state index contributed by atoms with van der Waals surface area (Å²) >= 11 is 1.77. The first-order valence-corrected chi connectivity index (χ1v) is 7.96. The van der Waals surface area contributed by atoms with Crippen LogP contribution >= 0.6 is 11.8 Å². The molecule has 0 bridgehead atoms. The maximum absolute atomic E-state index is 12.2. The molecule has 2 rings (SSSR count). The molecule has 0 aliphatic carbocycles. The van der Waals surface area contributed by atoms with Crippen LogP contribution in [0.2, 0.25) is 0 Å². The lowest BCUT2D eigenvalue weighted by Gasteiger charge is -2.13. The number of nitrogen functional groups attached to an aromatic ring is 1. The first-order valence-electron chi connectivity index (χ1n) is 6.57. The maximum atomic E-state index is 12.2. The normalized spacial score (nSPS) is 12.3. The Morgan fingerprint density at radius 1 is 1.45 bits per heavy atom. The molecule has 1 aromatic heterocycles. The molecule has 1 atom stereocenters. The van der Waals surface area contributed by atoms with Gasteiger partial charge in [0, 0.05) is 17.1 Å². The molecule has 5 heteroatoms. The van der Waals surface area contributed by atoms with Crippen LogP contribution in [0.15, 0.2) is 30.3 Å². The summed E-state index contributed by atoms with van der Waals surface area (Å²) in [6.07, 6.45) is 3.00. The van der Waals surface area contributed by atoms with E-state index < -0.39 is 0 Å². The van der Waals surface area contributed by atoms with Gasteiger partial charge in [-0.1, -0.05) is 18.2 Å². The van der Waals surface area contributed by atoms with Crippen LogP contribution < -0.4 is 11.1 Å². The van der Waals surface area contributed by atoms with E-state index in [1.54, 1.807) is 17.8 Å². The lowest BCUT2D eigenvalue weighted by Crippen LogP contribution is -2.33. The highest BCUT2D eigenvalue weighted by Crippen LogP contribution is 2.20. The summed E-state index contributed by atoms with van der Waals surface area (Å²) in [6, 6.07) is 9.32. The van der Waals surface area contributed by atoms with Crippen LogP contribution in [0.3, 0.4) is 0 Å². The smallest absolute Gasteiger partial charge is 0.270 e. The molecule has 0 spiro atoms. The van der Waals surface area contributed by atoms with E-state index in [4.69, 9.17) is 5.73 Å². The van der Waals surface area contributed by atoms with Crippen molar-refractivity contribution in [3.63, 3.8) is 0 Å². The molecule has 106 valence electrons. The van der Waals surface area contributed by atoms with E-state index in [0.29, 0.717) is 11.4 Å². The van der Waals surface area contributed by atoms with Gasteiger partial charge in [-0.05, 0) is 37.5 Å². The SMILES string of the molecule is CSCCC(C)NC(=O)c1cc(N)c2ccccc2n1. The van der Waals surface area contributed by atoms with Gasteiger partial charge in [0.15, 0.2) is 0 Å². The molecule has 0 saturated carbocycles. The number of pyridine rings is 1. The molecule has 0 fully saturated rings. The Morgan fingerprint density at radius 2 is 2.20 bits per heavy atom. The fourth-order valence-corrected chi connectivity index (χ4v) is 2.57. The Labute approximate surface area is 123 Å². The Morgan fingerprint density at radius 3 is 2.95 bits per heavy atom. The van der Waals surface area contributed by atoms with Crippen LogP contribution in [0.1, 0.15) is 23.8 Å². The Kier molecular flexibility index (Phi) is 4.84. The average molecular weight is 289 g/mol. The van der Waals surface area contributed by atoms with Crippen molar-refractivity contribution in [1.82, 2.24) is 10.3 Å². The van der Waals surface area contributed by atoms with E-state index in [0.717, 1.165) is 23.1 Å². The van der Waals surface area contributed by atoms with Crippen LogP contribution in [0.4, 0.5) is 5.69 Å². The zero-order chi connectivity index (χ0) is 14.5. The highest BCUT2D eigenvalue weighted by molar-refractivity contribution is 7.98. The quantitative estimate of drug-likeness (QED) is 0.888. The van der Waals surface area contributed by atoms with Gasteiger partial charge >= 0.3 is 0 Å². The summed E-state index contributed by atoms with van der Waals surface area (Å²) in [5, 5.41) is 3.83. The van der Waals surface area contributed by atoms with Gasteiger partial charge < -0.3 is 11.1 Å². The fraction of sp³-hybridized carbons (Fsp3) is 0.333. The van der Waals surface area contributed by atoms with Crippen molar-refractivity contribution in [3.8, 4) is 0 Å². The third kappa shape index (κ3) is 3.42. The first-order chi connectivity index (χ1) is 9.61. The summed E-state index contributed by atoms with van der Waals surface area (Å²) < 4.78 is 0. The zero-order valence-corrected chi connectivity index (χ0v) is 12.5. The zero-order valence-electron chi connectivity index (χ0n) is 11.7. The number of nitrogens with one attached hydrogen (secondary N) is 1. The second kappa shape index (κ2) is 6.61. The number of thioether (sulfide) groups is 1. The Hall–Kier alpha value is -1.75. The predicted molar refractivity (Wildman–Crippen MR) is 86.1 cm³/mol. The molecule has 0 aliphatic heterocycles. The number of para-hydroxylation sites is 1. The van der Waals surface area contributed by atoms with Crippen molar-refractivity contribution in [2.24, 2.45) is 0 Å². The second-order valence-corrected chi connectivity index (χ2v) is 5.76. The van der Waals surface area contributed by atoms with Crippen molar-refractivity contribution in [2.45, 2.75) is 19.4 Å².